The predicted molar refractivity (Wildman–Crippen MR) is 80.4 cm³/mol. The summed E-state index contributed by atoms with van der Waals surface area (Å²) in [5, 5.41) is 6.13. The highest BCUT2D eigenvalue weighted by Gasteiger charge is 2.03. The second kappa shape index (κ2) is 5.26. The topological polar surface area (TPSA) is 70.7 Å². The number of thiazole rings is 1. The number of nitrogens with one attached hydrogen (secondary N) is 2. The molecule has 3 rings (SSSR count). The Bertz CT molecular complexity index is 793. The molecule has 0 saturated carbocycles. The first-order valence-electron chi connectivity index (χ1n) is 6.06. The van der Waals surface area contributed by atoms with Crippen LogP contribution in [-0.2, 0) is 0 Å². The lowest BCUT2D eigenvalue weighted by Gasteiger charge is -2.06. The molecule has 100 valence electrons. The average molecular weight is 284 g/mol. The van der Waals surface area contributed by atoms with E-state index in [9.17, 15) is 4.79 Å². The lowest BCUT2D eigenvalue weighted by Crippen LogP contribution is -2.08. The molecule has 0 unspecified atom stereocenters. The van der Waals surface area contributed by atoms with Crippen LogP contribution in [0.25, 0.3) is 11.3 Å². The van der Waals surface area contributed by atoms with Gasteiger partial charge in [0.15, 0.2) is 0 Å². The zero-order valence-electron chi connectivity index (χ0n) is 10.8. The van der Waals surface area contributed by atoms with Crippen molar-refractivity contribution in [1.29, 1.82) is 0 Å². The van der Waals surface area contributed by atoms with E-state index in [0.717, 1.165) is 22.0 Å². The molecule has 5 nitrogen and oxygen atoms in total. The molecule has 0 fully saturated rings. The van der Waals surface area contributed by atoms with Gasteiger partial charge < -0.3 is 5.32 Å². The average Bonchev–Trinajstić information content (AvgIpc) is 2.86. The molecule has 0 spiro atoms. The fourth-order valence-electron chi connectivity index (χ4n) is 1.82. The van der Waals surface area contributed by atoms with Gasteiger partial charge in [0.1, 0.15) is 0 Å². The van der Waals surface area contributed by atoms with Crippen LogP contribution in [0.3, 0.4) is 0 Å². The van der Waals surface area contributed by atoms with Gasteiger partial charge in [0.25, 0.3) is 5.56 Å². The Labute approximate surface area is 119 Å². The van der Waals surface area contributed by atoms with Crippen molar-refractivity contribution in [2.24, 2.45) is 0 Å². The SMILES string of the molecule is Cc1nc(-c2cccc(Nc3nccc(=O)[nH]3)c2)cs1. The third-order valence-corrected chi connectivity index (χ3v) is 3.48. The van der Waals surface area contributed by atoms with Gasteiger partial charge in [0, 0.05) is 28.9 Å². The molecule has 2 aromatic heterocycles. The molecule has 1 aromatic carbocycles. The minimum Gasteiger partial charge on any atom is -0.326 e. The van der Waals surface area contributed by atoms with Gasteiger partial charge in [-0.15, -0.1) is 11.3 Å². The van der Waals surface area contributed by atoms with E-state index in [1.165, 1.54) is 12.3 Å². The van der Waals surface area contributed by atoms with E-state index in [2.05, 4.69) is 20.3 Å². The fourth-order valence-corrected chi connectivity index (χ4v) is 2.44. The number of aromatic nitrogens is 3. The van der Waals surface area contributed by atoms with Crippen LogP contribution in [0.15, 0.2) is 46.7 Å². The van der Waals surface area contributed by atoms with Crippen molar-refractivity contribution in [2.45, 2.75) is 6.92 Å². The van der Waals surface area contributed by atoms with Crippen LogP contribution in [0.2, 0.25) is 0 Å². The minimum atomic E-state index is -0.186. The van der Waals surface area contributed by atoms with Gasteiger partial charge in [-0.1, -0.05) is 12.1 Å². The van der Waals surface area contributed by atoms with Crippen molar-refractivity contribution in [1.82, 2.24) is 15.0 Å². The number of hydrogen-bond acceptors (Lipinski definition) is 5. The van der Waals surface area contributed by atoms with Crippen molar-refractivity contribution in [3.63, 3.8) is 0 Å². The zero-order chi connectivity index (χ0) is 13.9. The van der Waals surface area contributed by atoms with Crippen molar-refractivity contribution in [3.8, 4) is 11.3 Å². The monoisotopic (exact) mass is 284 g/mol. The summed E-state index contributed by atoms with van der Waals surface area (Å²) >= 11 is 1.62. The largest absolute Gasteiger partial charge is 0.326 e. The molecular weight excluding hydrogens is 272 g/mol. The first kappa shape index (κ1) is 12.6. The van der Waals surface area contributed by atoms with Crippen LogP contribution in [0.5, 0.6) is 0 Å². The van der Waals surface area contributed by atoms with E-state index >= 15 is 0 Å². The van der Waals surface area contributed by atoms with E-state index in [4.69, 9.17) is 0 Å². The summed E-state index contributed by atoms with van der Waals surface area (Å²) in [4.78, 5) is 22.4. The molecule has 2 N–H and O–H groups in total. The van der Waals surface area contributed by atoms with Gasteiger partial charge in [-0.25, -0.2) is 9.97 Å². The molecule has 0 amide bonds. The van der Waals surface area contributed by atoms with Crippen molar-refractivity contribution >= 4 is 23.0 Å². The maximum absolute atomic E-state index is 11.2. The molecule has 0 bridgehead atoms. The molecule has 0 aliphatic heterocycles. The Morgan fingerprint density at radius 3 is 2.95 bits per heavy atom. The molecule has 6 heteroatoms. The Kier molecular flexibility index (Phi) is 3.30. The molecule has 0 radical (unpaired) electrons. The Hall–Kier alpha value is -2.47. The summed E-state index contributed by atoms with van der Waals surface area (Å²) < 4.78 is 0. The molecule has 20 heavy (non-hydrogen) atoms. The van der Waals surface area contributed by atoms with Crippen LogP contribution >= 0.6 is 11.3 Å². The summed E-state index contributed by atoms with van der Waals surface area (Å²) in [5.41, 5.74) is 2.64. The van der Waals surface area contributed by atoms with Gasteiger partial charge in [-0.3, -0.25) is 9.78 Å². The number of aromatic amines is 1. The summed E-state index contributed by atoms with van der Waals surface area (Å²) in [5.74, 6) is 0.420. The molecule has 2 heterocycles. The number of H-pyrrole nitrogens is 1. The molecule has 0 aliphatic carbocycles. The third-order valence-electron chi connectivity index (χ3n) is 2.71. The fraction of sp³-hybridized carbons (Fsp3) is 0.0714. The maximum Gasteiger partial charge on any atom is 0.252 e. The number of benzene rings is 1. The van der Waals surface area contributed by atoms with Gasteiger partial charge in [-0.05, 0) is 19.1 Å². The first-order chi connectivity index (χ1) is 9.70. The standard InChI is InChI=1S/C14H12N4OS/c1-9-16-12(8-20-9)10-3-2-4-11(7-10)17-14-15-6-5-13(19)18-14/h2-8H,1H3,(H2,15,17,18,19). The van der Waals surface area contributed by atoms with Crippen LogP contribution in [-0.4, -0.2) is 15.0 Å². The smallest absolute Gasteiger partial charge is 0.252 e. The van der Waals surface area contributed by atoms with Crippen molar-refractivity contribution in [2.75, 3.05) is 5.32 Å². The van der Waals surface area contributed by atoms with Crippen LogP contribution in [0.4, 0.5) is 11.6 Å². The third kappa shape index (κ3) is 2.75. The Balaban J connectivity index is 1.90. The number of nitrogens with zero attached hydrogens (tertiary/aromatic N) is 2. The number of rotatable bonds is 3. The van der Waals surface area contributed by atoms with E-state index in [-0.39, 0.29) is 5.56 Å². The normalized spacial score (nSPS) is 10.4. The molecule has 0 atom stereocenters. The van der Waals surface area contributed by atoms with Gasteiger partial charge in [0.2, 0.25) is 5.95 Å². The van der Waals surface area contributed by atoms with Crippen LogP contribution in [0, 0.1) is 6.92 Å². The highest BCUT2D eigenvalue weighted by Crippen LogP contribution is 2.24. The maximum atomic E-state index is 11.2. The highest BCUT2D eigenvalue weighted by atomic mass is 32.1. The quantitative estimate of drug-likeness (QED) is 0.775. The lowest BCUT2D eigenvalue weighted by molar-refractivity contribution is 1.12. The van der Waals surface area contributed by atoms with E-state index in [1.54, 1.807) is 11.3 Å². The number of hydrogen-bond donors (Lipinski definition) is 2. The van der Waals surface area contributed by atoms with Crippen molar-refractivity contribution in [3.05, 3.63) is 57.3 Å². The first-order valence-corrected chi connectivity index (χ1v) is 6.93. The second-order valence-corrected chi connectivity index (χ2v) is 5.30. The van der Waals surface area contributed by atoms with Gasteiger partial charge in [-0.2, -0.15) is 0 Å². The molecular formula is C14H12N4OS. The highest BCUT2D eigenvalue weighted by molar-refractivity contribution is 7.09. The molecule has 0 saturated heterocycles. The minimum absolute atomic E-state index is 0.186. The molecule has 0 aliphatic rings. The Morgan fingerprint density at radius 1 is 1.30 bits per heavy atom. The molecule has 3 aromatic rings. The summed E-state index contributed by atoms with van der Waals surface area (Å²) in [6, 6.07) is 9.20. The van der Waals surface area contributed by atoms with Crippen LogP contribution in [0.1, 0.15) is 5.01 Å². The van der Waals surface area contributed by atoms with E-state index in [0.29, 0.717) is 5.95 Å². The van der Waals surface area contributed by atoms with E-state index in [1.807, 2.05) is 36.6 Å². The lowest BCUT2D eigenvalue weighted by atomic mass is 10.1. The summed E-state index contributed by atoms with van der Waals surface area (Å²) in [7, 11) is 0. The Morgan fingerprint density at radius 2 is 2.20 bits per heavy atom. The second-order valence-electron chi connectivity index (χ2n) is 4.24. The van der Waals surface area contributed by atoms with Gasteiger partial charge >= 0.3 is 0 Å². The summed E-state index contributed by atoms with van der Waals surface area (Å²) in [6.45, 7) is 1.98. The number of anilines is 2. The summed E-state index contributed by atoms with van der Waals surface area (Å²) in [6.07, 6.45) is 1.47. The van der Waals surface area contributed by atoms with Crippen molar-refractivity contribution < 1.29 is 0 Å². The van der Waals surface area contributed by atoms with Crippen LogP contribution < -0.4 is 10.9 Å². The zero-order valence-corrected chi connectivity index (χ0v) is 11.6. The number of aryl methyl sites for hydroxylation is 1. The predicted octanol–water partition coefficient (Wildman–Crippen LogP) is 2.95. The van der Waals surface area contributed by atoms with E-state index < -0.39 is 0 Å². The van der Waals surface area contributed by atoms with Gasteiger partial charge in [0.05, 0.1) is 10.7 Å².